The molecule has 0 saturated carbocycles. The molecule has 1 aromatic carbocycles. The molecular weight excluding hydrogens is 326 g/mol. The maximum absolute atomic E-state index is 12.1. The van der Waals surface area contributed by atoms with E-state index >= 15 is 0 Å². The maximum Gasteiger partial charge on any atom is 0.294 e. The quantitative estimate of drug-likeness (QED) is 0.601. The second-order valence-corrected chi connectivity index (χ2v) is 6.36. The summed E-state index contributed by atoms with van der Waals surface area (Å²) in [6.07, 6.45) is 0.982. The first kappa shape index (κ1) is 18.0. The van der Waals surface area contributed by atoms with E-state index in [9.17, 15) is 9.59 Å². The molecular formula is C16H21N5O2S. The number of carbonyl (C=O) groups is 1. The first-order valence-corrected chi connectivity index (χ1v) is 8.63. The Morgan fingerprint density at radius 3 is 2.62 bits per heavy atom. The number of aromatic nitrogens is 3. The molecule has 2 rings (SSSR count). The molecule has 128 valence electrons. The average Bonchev–Trinajstić information content (AvgIpc) is 2.59. The van der Waals surface area contributed by atoms with Gasteiger partial charge in [0.15, 0.2) is 0 Å². The van der Waals surface area contributed by atoms with Gasteiger partial charge in [0.25, 0.3) is 5.56 Å². The van der Waals surface area contributed by atoms with Crippen LogP contribution in [0, 0.1) is 6.92 Å². The van der Waals surface area contributed by atoms with Crippen molar-refractivity contribution in [2.45, 2.75) is 38.4 Å². The number of hydrogen-bond acceptors (Lipinski definition) is 6. The Morgan fingerprint density at radius 2 is 2.00 bits per heavy atom. The zero-order valence-corrected chi connectivity index (χ0v) is 14.8. The first-order valence-electron chi connectivity index (χ1n) is 7.64. The molecule has 0 unspecified atom stereocenters. The summed E-state index contributed by atoms with van der Waals surface area (Å²) in [4.78, 5) is 23.7. The largest absolute Gasteiger partial charge is 0.349 e. The van der Waals surface area contributed by atoms with Crippen LogP contribution in [0.15, 0.2) is 34.2 Å². The third-order valence-corrected chi connectivity index (χ3v) is 4.56. The summed E-state index contributed by atoms with van der Waals surface area (Å²) in [6.45, 7) is 5.56. The van der Waals surface area contributed by atoms with Crippen LogP contribution in [0.4, 0.5) is 0 Å². The molecule has 0 fully saturated rings. The SMILES string of the molecule is CCc1ccc([C@H](C)NC(=O)CSc2nnc(C)c(=O)n2N)cc1. The summed E-state index contributed by atoms with van der Waals surface area (Å²) in [5, 5.41) is 10.7. The van der Waals surface area contributed by atoms with E-state index < -0.39 is 5.56 Å². The van der Waals surface area contributed by atoms with Crippen LogP contribution in [-0.4, -0.2) is 26.5 Å². The van der Waals surface area contributed by atoms with Gasteiger partial charge in [-0.2, -0.15) is 4.68 Å². The molecule has 1 aromatic heterocycles. The van der Waals surface area contributed by atoms with Crippen LogP contribution < -0.4 is 16.7 Å². The summed E-state index contributed by atoms with van der Waals surface area (Å²) < 4.78 is 0.910. The van der Waals surface area contributed by atoms with E-state index in [1.807, 2.05) is 19.1 Å². The lowest BCUT2D eigenvalue weighted by Gasteiger charge is -2.14. The van der Waals surface area contributed by atoms with Crippen molar-refractivity contribution in [3.05, 3.63) is 51.4 Å². The van der Waals surface area contributed by atoms with Gasteiger partial charge in [0.05, 0.1) is 11.8 Å². The van der Waals surface area contributed by atoms with Crippen molar-refractivity contribution < 1.29 is 4.79 Å². The van der Waals surface area contributed by atoms with Crippen molar-refractivity contribution in [2.75, 3.05) is 11.6 Å². The normalized spacial score (nSPS) is 12.0. The fraction of sp³-hybridized carbons (Fsp3) is 0.375. The van der Waals surface area contributed by atoms with Crippen LogP contribution in [0.5, 0.6) is 0 Å². The third kappa shape index (κ3) is 4.35. The molecule has 24 heavy (non-hydrogen) atoms. The molecule has 0 radical (unpaired) electrons. The molecule has 0 aliphatic heterocycles. The van der Waals surface area contributed by atoms with Crippen LogP contribution in [0.25, 0.3) is 0 Å². The molecule has 8 heteroatoms. The van der Waals surface area contributed by atoms with Crippen molar-refractivity contribution in [3.8, 4) is 0 Å². The number of aryl methyl sites for hydroxylation is 2. The Hall–Kier alpha value is -2.35. The van der Waals surface area contributed by atoms with Gasteiger partial charge in [0.2, 0.25) is 11.1 Å². The molecule has 0 aliphatic rings. The topological polar surface area (TPSA) is 103 Å². The summed E-state index contributed by atoms with van der Waals surface area (Å²) in [7, 11) is 0. The number of thioether (sulfide) groups is 1. The van der Waals surface area contributed by atoms with Crippen molar-refractivity contribution in [3.63, 3.8) is 0 Å². The fourth-order valence-electron chi connectivity index (χ4n) is 2.11. The number of amides is 1. The molecule has 1 amide bonds. The highest BCUT2D eigenvalue weighted by Gasteiger charge is 2.13. The fourth-order valence-corrected chi connectivity index (χ4v) is 2.77. The van der Waals surface area contributed by atoms with Gasteiger partial charge in [0, 0.05) is 0 Å². The highest BCUT2D eigenvalue weighted by molar-refractivity contribution is 7.99. The predicted molar refractivity (Wildman–Crippen MR) is 94.3 cm³/mol. The maximum atomic E-state index is 12.1. The zero-order valence-electron chi connectivity index (χ0n) is 13.9. The molecule has 0 bridgehead atoms. The van der Waals surface area contributed by atoms with E-state index in [1.165, 1.54) is 12.5 Å². The number of benzene rings is 1. The number of nitrogens with zero attached hydrogens (tertiary/aromatic N) is 3. The lowest BCUT2D eigenvalue weighted by Crippen LogP contribution is -2.33. The van der Waals surface area contributed by atoms with Gasteiger partial charge < -0.3 is 11.2 Å². The molecule has 0 aliphatic carbocycles. The van der Waals surface area contributed by atoms with Gasteiger partial charge >= 0.3 is 0 Å². The highest BCUT2D eigenvalue weighted by Crippen LogP contribution is 2.15. The van der Waals surface area contributed by atoms with E-state index in [2.05, 4.69) is 34.6 Å². The second-order valence-electron chi connectivity index (χ2n) is 5.42. The van der Waals surface area contributed by atoms with E-state index in [4.69, 9.17) is 5.84 Å². The summed E-state index contributed by atoms with van der Waals surface area (Å²) in [6, 6.07) is 8.04. The van der Waals surface area contributed by atoms with Crippen LogP contribution in [0.1, 0.15) is 36.7 Å². The monoisotopic (exact) mass is 347 g/mol. The summed E-state index contributed by atoms with van der Waals surface area (Å²) >= 11 is 1.07. The molecule has 0 saturated heterocycles. The van der Waals surface area contributed by atoms with Gasteiger partial charge in [-0.25, -0.2) is 0 Å². The number of nitrogen functional groups attached to an aromatic ring is 1. The molecule has 2 aromatic rings. The van der Waals surface area contributed by atoms with Gasteiger partial charge in [0.1, 0.15) is 5.69 Å². The standard InChI is InChI=1S/C16H21N5O2S/c1-4-12-5-7-13(8-6-12)10(2)18-14(22)9-24-16-20-19-11(3)15(23)21(16)17/h5-8,10H,4,9,17H2,1-3H3,(H,18,22)/t10-/m0/s1. The van der Waals surface area contributed by atoms with Crippen molar-refractivity contribution in [2.24, 2.45) is 0 Å². The van der Waals surface area contributed by atoms with Crippen LogP contribution in [-0.2, 0) is 11.2 Å². The van der Waals surface area contributed by atoms with Crippen LogP contribution in [0.3, 0.4) is 0 Å². The second kappa shape index (κ2) is 7.96. The van der Waals surface area contributed by atoms with E-state index in [0.717, 1.165) is 28.4 Å². The van der Waals surface area contributed by atoms with Gasteiger partial charge in [-0.15, -0.1) is 10.2 Å². The Bertz CT molecular complexity index is 773. The molecule has 1 heterocycles. The Labute approximate surface area is 144 Å². The van der Waals surface area contributed by atoms with Crippen LogP contribution >= 0.6 is 11.8 Å². The summed E-state index contributed by atoms with van der Waals surface area (Å²) in [5.74, 6) is 5.58. The molecule has 7 nitrogen and oxygen atoms in total. The third-order valence-electron chi connectivity index (χ3n) is 3.62. The van der Waals surface area contributed by atoms with Gasteiger partial charge in [-0.3, -0.25) is 9.59 Å². The minimum absolute atomic E-state index is 0.103. The van der Waals surface area contributed by atoms with E-state index in [0.29, 0.717) is 0 Å². The zero-order chi connectivity index (χ0) is 17.7. The molecule has 1 atom stereocenters. The first-order chi connectivity index (χ1) is 11.4. The molecule has 0 spiro atoms. The minimum Gasteiger partial charge on any atom is -0.349 e. The van der Waals surface area contributed by atoms with Gasteiger partial charge in [-0.1, -0.05) is 43.0 Å². The number of nitrogens with one attached hydrogen (secondary N) is 1. The molecule has 3 N–H and O–H groups in total. The van der Waals surface area contributed by atoms with Crippen molar-refractivity contribution in [1.29, 1.82) is 0 Å². The van der Waals surface area contributed by atoms with E-state index in [1.54, 1.807) is 0 Å². The highest BCUT2D eigenvalue weighted by atomic mass is 32.2. The van der Waals surface area contributed by atoms with Gasteiger partial charge in [-0.05, 0) is 31.4 Å². The Balaban J connectivity index is 1.93. The lowest BCUT2D eigenvalue weighted by atomic mass is 10.1. The number of rotatable bonds is 6. The van der Waals surface area contributed by atoms with Crippen molar-refractivity contribution >= 4 is 17.7 Å². The average molecular weight is 347 g/mol. The number of carbonyl (C=O) groups excluding carboxylic acids is 1. The lowest BCUT2D eigenvalue weighted by molar-refractivity contribution is -0.119. The Morgan fingerprint density at radius 1 is 1.33 bits per heavy atom. The smallest absolute Gasteiger partial charge is 0.294 e. The van der Waals surface area contributed by atoms with Crippen LogP contribution in [0.2, 0.25) is 0 Å². The Kier molecular flexibility index (Phi) is 5.97. The van der Waals surface area contributed by atoms with Crippen molar-refractivity contribution in [1.82, 2.24) is 20.2 Å². The minimum atomic E-state index is -0.419. The summed E-state index contributed by atoms with van der Waals surface area (Å²) in [5.41, 5.74) is 2.09. The predicted octanol–water partition coefficient (Wildman–Crippen LogP) is 1.19. The number of nitrogens with two attached hydrogens (primary N) is 1. The number of hydrogen-bond donors (Lipinski definition) is 2. The van der Waals surface area contributed by atoms with E-state index in [-0.39, 0.29) is 28.6 Å².